The Morgan fingerprint density at radius 1 is 0.765 bits per heavy atom. The zero-order valence-electron chi connectivity index (χ0n) is 11.9. The van der Waals surface area contributed by atoms with Crippen LogP contribution in [0.1, 0.15) is 32.6 Å². The molecular formula is C13H32N4. The second-order valence-electron chi connectivity index (χ2n) is 4.64. The number of hydrogen-bond acceptors (Lipinski definition) is 4. The van der Waals surface area contributed by atoms with Gasteiger partial charge >= 0.3 is 0 Å². The van der Waals surface area contributed by atoms with Crippen molar-refractivity contribution in [1.82, 2.24) is 21.3 Å². The van der Waals surface area contributed by atoms with Gasteiger partial charge in [-0.1, -0.05) is 0 Å². The molecule has 0 aliphatic heterocycles. The van der Waals surface area contributed by atoms with Crippen molar-refractivity contribution in [1.29, 1.82) is 0 Å². The third-order valence-corrected chi connectivity index (χ3v) is 2.98. The highest BCUT2D eigenvalue weighted by atomic mass is 14.9. The summed E-state index contributed by atoms with van der Waals surface area (Å²) in [4.78, 5) is 0. The molecule has 0 heterocycles. The van der Waals surface area contributed by atoms with E-state index in [1.807, 2.05) is 14.1 Å². The monoisotopic (exact) mass is 244 g/mol. The average molecular weight is 244 g/mol. The molecule has 0 bridgehead atoms. The molecule has 0 saturated heterocycles. The zero-order chi connectivity index (χ0) is 12.8. The lowest BCUT2D eigenvalue weighted by Crippen LogP contribution is -2.27. The van der Waals surface area contributed by atoms with Gasteiger partial charge in [-0.15, -0.1) is 0 Å². The molecule has 0 aliphatic rings. The quantitative estimate of drug-likeness (QED) is 0.358. The van der Waals surface area contributed by atoms with E-state index in [0.29, 0.717) is 6.04 Å². The Morgan fingerprint density at radius 2 is 1.35 bits per heavy atom. The van der Waals surface area contributed by atoms with E-state index in [0.717, 1.165) is 32.7 Å². The van der Waals surface area contributed by atoms with Gasteiger partial charge in [-0.2, -0.15) is 0 Å². The molecule has 4 N–H and O–H groups in total. The van der Waals surface area contributed by atoms with Gasteiger partial charge in [-0.05, 0) is 79.4 Å². The molecule has 0 rings (SSSR count). The highest BCUT2D eigenvalue weighted by Gasteiger charge is 1.96. The normalized spacial score (nSPS) is 12.9. The summed E-state index contributed by atoms with van der Waals surface area (Å²) in [5.41, 5.74) is 0. The van der Waals surface area contributed by atoms with E-state index < -0.39 is 0 Å². The molecule has 1 unspecified atom stereocenters. The Bertz CT molecular complexity index is 141. The SMILES string of the molecule is CNCCCNCCCCNCCC(C)NC. The summed E-state index contributed by atoms with van der Waals surface area (Å²) in [5, 5.41) is 13.3. The second kappa shape index (κ2) is 13.9. The van der Waals surface area contributed by atoms with Crippen LogP contribution in [-0.2, 0) is 0 Å². The first-order chi connectivity index (χ1) is 8.31. The molecule has 0 saturated carbocycles. The molecule has 17 heavy (non-hydrogen) atoms. The van der Waals surface area contributed by atoms with Crippen molar-refractivity contribution in [3.63, 3.8) is 0 Å². The Morgan fingerprint density at radius 3 is 1.94 bits per heavy atom. The maximum atomic E-state index is 3.48. The van der Waals surface area contributed by atoms with E-state index in [4.69, 9.17) is 0 Å². The second-order valence-corrected chi connectivity index (χ2v) is 4.64. The van der Waals surface area contributed by atoms with Gasteiger partial charge in [0.25, 0.3) is 0 Å². The molecule has 0 radical (unpaired) electrons. The molecule has 0 aliphatic carbocycles. The van der Waals surface area contributed by atoms with E-state index >= 15 is 0 Å². The summed E-state index contributed by atoms with van der Waals surface area (Å²) in [7, 11) is 4.02. The average Bonchev–Trinajstić information content (AvgIpc) is 2.35. The van der Waals surface area contributed by atoms with E-state index in [1.54, 1.807) is 0 Å². The van der Waals surface area contributed by atoms with Gasteiger partial charge in [-0.3, -0.25) is 0 Å². The Balaban J connectivity index is 2.94. The highest BCUT2D eigenvalue weighted by molar-refractivity contribution is 4.59. The van der Waals surface area contributed by atoms with Crippen molar-refractivity contribution >= 4 is 0 Å². The third kappa shape index (κ3) is 13.8. The van der Waals surface area contributed by atoms with Crippen LogP contribution in [0.25, 0.3) is 0 Å². The molecule has 0 aromatic carbocycles. The van der Waals surface area contributed by atoms with Crippen molar-refractivity contribution in [2.75, 3.05) is 46.8 Å². The summed E-state index contributed by atoms with van der Waals surface area (Å²) < 4.78 is 0. The van der Waals surface area contributed by atoms with Gasteiger partial charge in [0.2, 0.25) is 0 Å². The first kappa shape index (κ1) is 16.8. The van der Waals surface area contributed by atoms with Crippen molar-refractivity contribution in [3.8, 4) is 0 Å². The zero-order valence-corrected chi connectivity index (χ0v) is 11.9. The van der Waals surface area contributed by atoms with Crippen LogP contribution < -0.4 is 21.3 Å². The van der Waals surface area contributed by atoms with Crippen LogP contribution in [0.3, 0.4) is 0 Å². The largest absolute Gasteiger partial charge is 0.320 e. The van der Waals surface area contributed by atoms with E-state index in [1.165, 1.54) is 25.7 Å². The topological polar surface area (TPSA) is 48.1 Å². The van der Waals surface area contributed by atoms with E-state index in [-0.39, 0.29) is 0 Å². The minimum atomic E-state index is 0.622. The van der Waals surface area contributed by atoms with Crippen LogP contribution in [0.15, 0.2) is 0 Å². The number of hydrogen-bond donors (Lipinski definition) is 4. The van der Waals surface area contributed by atoms with Crippen LogP contribution in [0.2, 0.25) is 0 Å². The lowest BCUT2D eigenvalue weighted by Gasteiger charge is -2.10. The molecule has 0 amide bonds. The Kier molecular flexibility index (Phi) is 13.8. The van der Waals surface area contributed by atoms with Crippen molar-refractivity contribution < 1.29 is 0 Å². The molecule has 0 aromatic rings. The fraction of sp³-hybridized carbons (Fsp3) is 1.00. The van der Waals surface area contributed by atoms with Crippen LogP contribution in [0.5, 0.6) is 0 Å². The van der Waals surface area contributed by atoms with Gasteiger partial charge in [0.05, 0.1) is 0 Å². The summed E-state index contributed by atoms with van der Waals surface area (Å²) in [6.45, 7) is 7.88. The molecule has 0 fully saturated rings. The summed E-state index contributed by atoms with van der Waals surface area (Å²) in [5.74, 6) is 0. The fourth-order valence-corrected chi connectivity index (χ4v) is 1.60. The van der Waals surface area contributed by atoms with Gasteiger partial charge in [-0.25, -0.2) is 0 Å². The molecule has 0 spiro atoms. The van der Waals surface area contributed by atoms with Crippen LogP contribution in [0.4, 0.5) is 0 Å². The minimum Gasteiger partial charge on any atom is -0.320 e. The van der Waals surface area contributed by atoms with E-state index in [2.05, 4.69) is 28.2 Å². The maximum absolute atomic E-state index is 3.48. The van der Waals surface area contributed by atoms with Crippen LogP contribution >= 0.6 is 0 Å². The predicted molar refractivity (Wildman–Crippen MR) is 76.7 cm³/mol. The number of unbranched alkanes of at least 4 members (excludes halogenated alkanes) is 1. The maximum Gasteiger partial charge on any atom is 0.00478 e. The summed E-state index contributed by atoms with van der Waals surface area (Å²) in [6, 6.07) is 0.622. The smallest absolute Gasteiger partial charge is 0.00478 e. The molecule has 104 valence electrons. The first-order valence-electron chi connectivity index (χ1n) is 7.04. The number of rotatable bonds is 13. The van der Waals surface area contributed by atoms with Crippen molar-refractivity contribution in [2.24, 2.45) is 0 Å². The molecule has 4 heteroatoms. The molecule has 0 aromatic heterocycles. The Hall–Kier alpha value is -0.160. The Labute approximate surface area is 107 Å². The number of nitrogens with one attached hydrogen (secondary N) is 4. The van der Waals surface area contributed by atoms with Gasteiger partial charge < -0.3 is 21.3 Å². The van der Waals surface area contributed by atoms with E-state index in [9.17, 15) is 0 Å². The molecule has 1 atom stereocenters. The van der Waals surface area contributed by atoms with Gasteiger partial charge in [0, 0.05) is 6.04 Å². The fourth-order valence-electron chi connectivity index (χ4n) is 1.60. The van der Waals surface area contributed by atoms with Crippen molar-refractivity contribution in [3.05, 3.63) is 0 Å². The van der Waals surface area contributed by atoms with Gasteiger partial charge in [0.15, 0.2) is 0 Å². The van der Waals surface area contributed by atoms with Crippen LogP contribution in [-0.4, -0.2) is 52.9 Å². The minimum absolute atomic E-state index is 0.622. The third-order valence-electron chi connectivity index (χ3n) is 2.98. The lowest BCUT2D eigenvalue weighted by atomic mass is 10.2. The summed E-state index contributed by atoms with van der Waals surface area (Å²) >= 11 is 0. The molecular weight excluding hydrogens is 212 g/mol. The standard InChI is InChI=1S/C13H32N4/c1-13(15-3)7-12-17-10-5-4-9-16-11-6-8-14-2/h13-17H,4-12H2,1-3H3. The summed E-state index contributed by atoms with van der Waals surface area (Å²) in [6.07, 6.45) is 4.97. The van der Waals surface area contributed by atoms with Gasteiger partial charge in [0.1, 0.15) is 0 Å². The first-order valence-corrected chi connectivity index (χ1v) is 7.04. The van der Waals surface area contributed by atoms with Crippen LogP contribution in [0, 0.1) is 0 Å². The lowest BCUT2D eigenvalue weighted by molar-refractivity contribution is 0.515. The highest BCUT2D eigenvalue weighted by Crippen LogP contribution is 1.88. The predicted octanol–water partition coefficient (Wildman–Crippen LogP) is 0.553. The molecule has 4 nitrogen and oxygen atoms in total. The van der Waals surface area contributed by atoms with Crippen molar-refractivity contribution in [2.45, 2.75) is 38.6 Å².